The molecule has 2 nitrogen and oxygen atoms in total. The molecule has 2 aromatic rings. The molecule has 0 aliphatic carbocycles. The van der Waals surface area contributed by atoms with Gasteiger partial charge in [-0.15, -0.1) is 0 Å². The number of benzene rings is 1. The molecule has 15 heavy (non-hydrogen) atoms. The van der Waals surface area contributed by atoms with E-state index in [0.29, 0.717) is 0 Å². The predicted molar refractivity (Wildman–Crippen MR) is 61.5 cm³/mol. The summed E-state index contributed by atoms with van der Waals surface area (Å²) in [6.45, 7) is 4.03. The van der Waals surface area contributed by atoms with Gasteiger partial charge in [0.05, 0.1) is 6.26 Å². The van der Waals surface area contributed by atoms with Crippen molar-refractivity contribution in [2.45, 2.75) is 13.5 Å². The first kappa shape index (κ1) is 9.99. The van der Waals surface area contributed by atoms with Crippen molar-refractivity contribution in [1.29, 1.82) is 0 Å². The normalized spacial score (nSPS) is 10.5. The maximum atomic E-state index is 5.32. The lowest BCUT2D eigenvalue weighted by Gasteiger charge is -2.02. The van der Waals surface area contributed by atoms with Gasteiger partial charge in [0.2, 0.25) is 0 Å². The standard InChI is InChI=1S/C13H15NO/c1-2-14-10-11-5-7-12(8-6-11)13-4-3-9-15-13/h3-9,14H,2,10H2,1H3. The molecule has 0 radical (unpaired) electrons. The summed E-state index contributed by atoms with van der Waals surface area (Å²) in [5.41, 5.74) is 2.42. The van der Waals surface area contributed by atoms with Crippen molar-refractivity contribution < 1.29 is 4.42 Å². The summed E-state index contributed by atoms with van der Waals surface area (Å²) in [6.07, 6.45) is 1.70. The maximum absolute atomic E-state index is 5.32. The van der Waals surface area contributed by atoms with E-state index in [-0.39, 0.29) is 0 Å². The van der Waals surface area contributed by atoms with Gasteiger partial charge in [-0.25, -0.2) is 0 Å². The Labute approximate surface area is 89.9 Å². The van der Waals surface area contributed by atoms with Gasteiger partial charge in [0.25, 0.3) is 0 Å². The molecule has 0 aliphatic heterocycles. The zero-order chi connectivity index (χ0) is 10.5. The van der Waals surface area contributed by atoms with Crippen LogP contribution >= 0.6 is 0 Å². The predicted octanol–water partition coefficient (Wildman–Crippen LogP) is 3.06. The molecule has 0 saturated carbocycles. The van der Waals surface area contributed by atoms with Crippen LogP contribution in [0, 0.1) is 0 Å². The summed E-state index contributed by atoms with van der Waals surface area (Å²) < 4.78 is 5.32. The van der Waals surface area contributed by atoms with Crippen molar-refractivity contribution in [2.75, 3.05) is 6.54 Å². The van der Waals surface area contributed by atoms with Crippen molar-refractivity contribution in [3.8, 4) is 11.3 Å². The summed E-state index contributed by atoms with van der Waals surface area (Å²) in [6, 6.07) is 12.3. The molecule has 0 spiro atoms. The molecule has 1 N–H and O–H groups in total. The fourth-order valence-electron chi connectivity index (χ4n) is 1.50. The van der Waals surface area contributed by atoms with E-state index in [4.69, 9.17) is 4.42 Å². The van der Waals surface area contributed by atoms with Crippen molar-refractivity contribution in [3.05, 3.63) is 48.2 Å². The summed E-state index contributed by atoms with van der Waals surface area (Å²) in [5, 5.41) is 3.30. The summed E-state index contributed by atoms with van der Waals surface area (Å²) >= 11 is 0. The van der Waals surface area contributed by atoms with Crippen molar-refractivity contribution in [1.82, 2.24) is 5.32 Å². The van der Waals surface area contributed by atoms with Crippen LogP contribution in [0.3, 0.4) is 0 Å². The smallest absolute Gasteiger partial charge is 0.133 e. The quantitative estimate of drug-likeness (QED) is 0.822. The molecule has 0 amide bonds. The van der Waals surface area contributed by atoms with Crippen LogP contribution in [-0.4, -0.2) is 6.54 Å². The zero-order valence-corrected chi connectivity index (χ0v) is 8.86. The lowest BCUT2D eigenvalue weighted by molar-refractivity contribution is 0.582. The highest BCUT2D eigenvalue weighted by molar-refractivity contribution is 5.57. The molecule has 1 heterocycles. The van der Waals surface area contributed by atoms with Crippen LogP contribution in [0.25, 0.3) is 11.3 Å². The van der Waals surface area contributed by atoms with Crippen molar-refractivity contribution in [3.63, 3.8) is 0 Å². The van der Waals surface area contributed by atoms with Crippen molar-refractivity contribution >= 4 is 0 Å². The molecule has 1 aromatic heterocycles. The lowest BCUT2D eigenvalue weighted by atomic mass is 10.1. The van der Waals surface area contributed by atoms with Crippen LogP contribution in [-0.2, 0) is 6.54 Å². The molecule has 0 saturated heterocycles. The average molecular weight is 201 g/mol. The first-order valence-corrected chi connectivity index (χ1v) is 5.23. The van der Waals surface area contributed by atoms with E-state index in [1.165, 1.54) is 5.56 Å². The van der Waals surface area contributed by atoms with Crippen LogP contribution in [0.4, 0.5) is 0 Å². The van der Waals surface area contributed by atoms with E-state index in [2.05, 4.69) is 36.5 Å². The molecular weight excluding hydrogens is 186 g/mol. The van der Waals surface area contributed by atoms with Gasteiger partial charge in [-0.05, 0) is 24.2 Å². The van der Waals surface area contributed by atoms with Crippen LogP contribution in [0.15, 0.2) is 47.1 Å². The van der Waals surface area contributed by atoms with Gasteiger partial charge >= 0.3 is 0 Å². The molecule has 0 atom stereocenters. The minimum Gasteiger partial charge on any atom is -0.464 e. The Morgan fingerprint density at radius 3 is 2.53 bits per heavy atom. The molecule has 0 bridgehead atoms. The fourth-order valence-corrected chi connectivity index (χ4v) is 1.50. The Kier molecular flexibility index (Phi) is 3.20. The highest BCUT2D eigenvalue weighted by atomic mass is 16.3. The van der Waals surface area contributed by atoms with Gasteiger partial charge in [0.15, 0.2) is 0 Å². The molecule has 78 valence electrons. The molecule has 2 rings (SSSR count). The van der Waals surface area contributed by atoms with Crippen molar-refractivity contribution in [2.24, 2.45) is 0 Å². The third-order valence-corrected chi connectivity index (χ3v) is 2.34. The highest BCUT2D eigenvalue weighted by Gasteiger charge is 1.99. The van der Waals surface area contributed by atoms with Crippen LogP contribution in [0.2, 0.25) is 0 Å². The van der Waals surface area contributed by atoms with Crippen LogP contribution < -0.4 is 5.32 Å². The van der Waals surface area contributed by atoms with E-state index in [1.54, 1.807) is 6.26 Å². The minimum absolute atomic E-state index is 0.921. The van der Waals surface area contributed by atoms with Gasteiger partial charge in [-0.3, -0.25) is 0 Å². The van der Waals surface area contributed by atoms with Gasteiger partial charge in [-0.2, -0.15) is 0 Å². The number of furan rings is 1. The van der Waals surface area contributed by atoms with Gasteiger partial charge in [0, 0.05) is 12.1 Å². The Bertz CT molecular complexity index is 389. The Balaban J connectivity index is 2.11. The molecule has 0 aliphatic rings. The first-order valence-electron chi connectivity index (χ1n) is 5.23. The summed E-state index contributed by atoms with van der Waals surface area (Å²) in [7, 11) is 0. The van der Waals surface area contributed by atoms with Crippen LogP contribution in [0.5, 0.6) is 0 Å². The SMILES string of the molecule is CCNCc1ccc(-c2ccco2)cc1. The minimum atomic E-state index is 0.921. The highest BCUT2D eigenvalue weighted by Crippen LogP contribution is 2.19. The number of nitrogens with one attached hydrogen (secondary N) is 1. The van der Waals surface area contributed by atoms with E-state index < -0.39 is 0 Å². The second-order valence-corrected chi connectivity index (χ2v) is 3.45. The van der Waals surface area contributed by atoms with E-state index in [1.807, 2.05) is 12.1 Å². The Morgan fingerprint density at radius 1 is 1.13 bits per heavy atom. The maximum Gasteiger partial charge on any atom is 0.133 e. The average Bonchev–Trinajstić information content (AvgIpc) is 2.80. The lowest BCUT2D eigenvalue weighted by Crippen LogP contribution is -2.11. The first-order chi connectivity index (χ1) is 7.40. The topological polar surface area (TPSA) is 25.2 Å². The monoisotopic (exact) mass is 201 g/mol. The third kappa shape index (κ3) is 2.48. The molecule has 1 aromatic carbocycles. The molecule has 0 fully saturated rings. The van der Waals surface area contributed by atoms with Gasteiger partial charge in [0.1, 0.15) is 5.76 Å². The fraction of sp³-hybridized carbons (Fsp3) is 0.231. The Hall–Kier alpha value is -1.54. The van der Waals surface area contributed by atoms with E-state index >= 15 is 0 Å². The van der Waals surface area contributed by atoms with Gasteiger partial charge < -0.3 is 9.73 Å². The second-order valence-electron chi connectivity index (χ2n) is 3.45. The molecule has 0 unspecified atom stereocenters. The number of rotatable bonds is 4. The second kappa shape index (κ2) is 4.80. The number of hydrogen-bond acceptors (Lipinski definition) is 2. The molecule has 2 heteroatoms. The summed E-state index contributed by atoms with van der Waals surface area (Å²) in [5.74, 6) is 0.921. The van der Waals surface area contributed by atoms with Gasteiger partial charge in [-0.1, -0.05) is 31.2 Å². The third-order valence-electron chi connectivity index (χ3n) is 2.34. The summed E-state index contributed by atoms with van der Waals surface area (Å²) in [4.78, 5) is 0. The van der Waals surface area contributed by atoms with Crippen LogP contribution in [0.1, 0.15) is 12.5 Å². The largest absolute Gasteiger partial charge is 0.464 e. The number of hydrogen-bond donors (Lipinski definition) is 1. The Morgan fingerprint density at radius 2 is 1.93 bits per heavy atom. The molecular formula is C13H15NO. The van der Waals surface area contributed by atoms with E-state index in [0.717, 1.165) is 24.4 Å². The van der Waals surface area contributed by atoms with E-state index in [9.17, 15) is 0 Å². The zero-order valence-electron chi connectivity index (χ0n) is 8.86.